The molecule has 0 saturated heterocycles. The van der Waals surface area contributed by atoms with Crippen LogP contribution in [0.1, 0.15) is 21.7 Å². The molecular weight excluding hydrogens is 328 g/mol. The number of imidazole rings is 1. The molecule has 0 aliphatic heterocycles. The lowest BCUT2D eigenvalue weighted by atomic mass is 10.2. The van der Waals surface area contributed by atoms with Gasteiger partial charge in [-0.15, -0.1) is 0 Å². The second-order valence-electron chi connectivity index (χ2n) is 5.04. The fourth-order valence-electron chi connectivity index (χ4n) is 2.37. The first-order valence-corrected chi connectivity index (χ1v) is 7.59. The summed E-state index contributed by atoms with van der Waals surface area (Å²) in [6.07, 6.45) is 3.69. The van der Waals surface area contributed by atoms with E-state index in [1.54, 1.807) is 31.4 Å². The zero-order chi connectivity index (χ0) is 17.1. The van der Waals surface area contributed by atoms with Crippen LogP contribution in [-0.2, 0) is 4.74 Å². The largest absolute Gasteiger partial charge is 0.495 e. The number of nitrogens with one attached hydrogen (secondary N) is 1. The maximum atomic E-state index is 11.8. The number of H-pyrrole nitrogens is 1. The number of rotatable bonds is 4. The van der Waals surface area contributed by atoms with Gasteiger partial charge in [-0.05, 0) is 35.9 Å². The summed E-state index contributed by atoms with van der Waals surface area (Å²) >= 11 is 6.11. The van der Waals surface area contributed by atoms with Gasteiger partial charge < -0.3 is 14.5 Å². The molecule has 1 N–H and O–H groups in total. The molecule has 1 aromatic heterocycles. The third-order valence-corrected chi connectivity index (χ3v) is 3.84. The van der Waals surface area contributed by atoms with Crippen LogP contribution >= 0.6 is 11.6 Å². The number of carbonyl (C=O) groups is 1. The number of benzene rings is 2. The molecule has 0 aliphatic carbocycles. The van der Waals surface area contributed by atoms with Crippen molar-refractivity contribution in [2.45, 2.75) is 0 Å². The molecule has 0 radical (unpaired) electrons. The number of aromatic amines is 1. The highest BCUT2D eigenvalue weighted by Gasteiger charge is 2.13. The second-order valence-corrected chi connectivity index (χ2v) is 5.45. The van der Waals surface area contributed by atoms with Crippen LogP contribution in [0.5, 0.6) is 5.75 Å². The predicted octanol–water partition coefficient (Wildman–Crippen LogP) is 4.18. The molecule has 0 fully saturated rings. The lowest BCUT2D eigenvalue weighted by molar-refractivity contribution is 0.0603. The van der Waals surface area contributed by atoms with Crippen molar-refractivity contribution >= 4 is 40.8 Å². The molecule has 3 rings (SSSR count). The molecule has 24 heavy (non-hydrogen) atoms. The summed E-state index contributed by atoms with van der Waals surface area (Å²) < 4.78 is 9.91. The Kier molecular flexibility index (Phi) is 4.53. The Labute approximate surface area is 143 Å². The maximum absolute atomic E-state index is 11.8. The third kappa shape index (κ3) is 3.12. The van der Waals surface area contributed by atoms with Crippen molar-refractivity contribution in [3.63, 3.8) is 0 Å². The summed E-state index contributed by atoms with van der Waals surface area (Å²) in [5.74, 6) is 0.845. The second kappa shape index (κ2) is 6.76. The summed E-state index contributed by atoms with van der Waals surface area (Å²) in [6, 6.07) is 10.8. The van der Waals surface area contributed by atoms with Gasteiger partial charge in [-0.25, -0.2) is 9.78 Å². The van der Waals surface area contributed by atoms with Crippen LogP contribution in [0.25, 0.3) is 23.2 Å². The van der Waals surface area contributed by atoms with E-state index in [-0.39, 0.29) is 0 Å². The van der Waals surface area contributed by atoms with Crippen molar-refractivity contribution in [1.29, 1.82) is 0 Å². The van der Waals surface area contributed by atoms with Crippen LogP contribution in [-0.4, -0.2) is 30.2 Å². The molecule has 0 atom stereocenters. The van der Waals surface area contributed by atoms with E-state index in [4.69, 9.17) is 21.1 Å². The number of carbonyl (C=O) groups excluding carboxylic acids is 1. The Balaban J connectivity index is 1.93. The topological polar surface area (TPSA) is 64.2 Å². The van der Waals surface area contributed by atoms with Crippen molar-refractivity contribution in [2.24, 2.45) is 0 Å². The summed E-state index contributed by atoms with van der Waals surface area (Å²) in [6.45, 7) is 0. The number of fused-ring (bicyclic) bond motifs is 1. The molecule has 0 aliphatic rings. The lowest BCUT2D eigenvalue weighted by Gasteiger charge is -2.02. The average molecular weight is 343 g/mol. The number of aromatic nitrogens is 2. The summed E-state index contributed by atoms with van der Waals surface area (Å²) in [7, 11) is 2.92. The first-order chi connectivity index (χ1) is 11.6. The molecule has 1 heterocycles. The van der Waals surface area contributed by atoms with Crippen LogP contribution in [0, 0.1) is 0 Å². The molecule has 0 amide bonds. The van der Waals surface area contributed by atoms with Gasteiger partial charge in [0.05, 0.1) is 30.3 Å². The smallest absolute Gasteiger partial charge is 0.340 e. The number of methoxy groups -OCH3 is 2. The van der Waals surface area contributed by atoms with E-state index >= 15 is 0 Å². The molecule has 0 spiro atoms. The maximum Gasteiger partial charge on any atom is 0.340 e. The fourth-order valence-corrected chi connectivity index (χ4v) is 2.63. The third-order valence-electron chi connectivity index (χ3n) is 3.55. The van der Waals surface area contributed by atoms with E-state index < -0.39 is 5.97 Å². The highest BCUT2D eigenvalue weighted by atomic mass is 35.5. The lowest BCUT2D eigenvalue weighted by Crippen LogP contribution is -2.01. The zero-order valence-corrected chi connectivity index (χ0v) is 13.9. The monoisotopic (exact) mass is 342 g/mol. The van der Waals surface area contributed by atoms with Gasteiger partial charge in [-0.3, -0.25) is 0 Å². The van der Waals surface area contributed by atoms with Crippen LogP contribution in [0.4, 0.5) is 0 Å². The van der Waals surface area contributed by atoms with E-state index in [2.05, 4.69) is 9.97 Å². The number of esters is 1. The molecule has 5 nitrogen and oxygen atoms in total. The Morgan fingerprint density at radius 3 is 2.75 bits per heavy atom. The minimum Gasteiger partial charge on any atom is -0.495 e. The molecule has 2 aromatic carbocycles. The Morgan fingerprint density at radius 2 is 2.04 bits per heavy atom. The van der Waals surface area contributed by atoms with E-state index in [0.29, 0.717) is 27.7 Å². The van der Waals surface area contributed by atoms with Gasteiger partial charge in [0.2, 0.25) is 0 Å². The van der Waals surface area contributed by atoms with Gasteiger partial charge in [0.25, 0.3) is 0 Å². The van der Waals surface area contributed by atoms with Gasteiger partial charge in [0.1, 0.15) is 17.1 Å². The van der Waals surface area contributed by atoms with Crippen LogP contribution in [0.2, 0.25) is 5.02 Å². The standard InChI is InChI=1S/C18H15ClN2O3/c1-23-15-8-6-11(10-13(15)19)7-9-16-20-14-5-3-4-12(17(14)21-16)18(22)24-2/h3-10H,1-2H3,(H,20,21). The normalized spacial score (nSPS) is 11.1. The van der Waals surface area contributed by atoms with Gasteiger partial charge in [-0.2, -0.15) is 0 Å². The zero-order valence-electron chi connectivity index (χ0n) is 13.2. The molecule has 0 saturated carbocycles. The minimum atomic E-state index is -0.412. The van der Waals surface area contributed by atoms with Gasteiger partial charge in [0, 0.05) is 0 Å². The number of hydrogen-bond donors (Lipinski definition) is 1. The Bertz CT molecular complexity index is 931. The molecule has 0 unspecified atom stereocenters. The number of nitrogens with zero attached hydrogens (tertiary/aromatic N) is 1. The van der Waals surface area contributed by atoms with Crippen LogP contribution in [0.3, 0.4) is 0 Å². The summed E-state index contributed by atoms with van der Waals surface area (Å²) in [5.41, 5.74) is 2.69. The predicted molar refractivity (Wildman–Crippen MR) is 94.4 cm³/mol. The molecule has 122 valence electrons. The van der Waals surface area contributed by atoms with Crippen LogP contribution in [0.15, 0.2) is 36.4 Å². The van der Waals surface area contributed by atoms with Gasteiger partial charge in [0.15, 0.2) is 0 Å². The van der Waals surface area contributed by atoms with Crippen molar-refractivity contribution in [3.8, 4) is 5.75 Å². The SMILES string of the molecule is COC(=O)c1cccc2[nH]c(C=Cc3ccc(OC)c(Cl)c3)nc12. The number of halogens is 1. The molecule has 6 heteroatoms. The van der Waals surface area contributed by atoms with E-state index in [1.807, 2.05) is 24.3 Å². The number of ether oxygens (including phenoxy) is 2. The van der Waals surface area contributed by atoms with Crippen molar-refractivity contribution < 1.29 is 14.3 Å². The Hall–Kier alpha value is -2.79. The van der Waals surface area contributed by atoms with E-state index in [1.165, 1.54) is 7.11 Å². The van der Waals surface area contributed by atoms with Crippen molar-refractivity contribution in [3.05, 3.63) is 58.4 Å². The van der Waals surface area contributed by atoms with E-state index in [9.17, 15) is 4.79 Å². The molecule has 0 bridgehead atoms. The summed E-state index contributed by atoms with van der Waals surface area (Å²) in [4.78, 5) is 19.4. The molecule has 3 aromatic rings. The van der Waals surface area contributed by atoms with Gasteiger partial charge in [-0.1, -0.05) is 29.8 Å². The number of hydrogen-bond acceptors (Lipinski definition) is 4. The Morgan fingerprint density at radius 1 is 1.21 bits per heavy atom. The summed E-state index contributed by atoms with van der Waals surface area (Å²) in [5, 5.41) is 0.539. The highest BCUT2D eigenvalue weighted by molar-refractivity contribution is 6.32. The van der Waals surface area contributed by atoms with Crippen molar-refractivity contribution in [2.75, 3.05) is 14.2 Å². The quantitative estimate of drug-likeness (QED) is 0.722. The fraction of sp³-hybridized carbons (Fsp3) is 0.111. The van der Waals surface area contributed by atoms with Crippen molar-refractivity contribution in [1.82, 2.24) is 9.97 Å². The van der Waals surface area contributed by atoms with E-state index in [0.717, 1.165) is 11.1 Å². The average Bonchev–Trinajstić information content (AvgIpc) is 3.02. The first kappa shape index (κ1) is 16.1. The molecular formula is C18H15ClN2O3. The van der Waals surface area contributed by atoms with Crippen LogP contribution < -0.4 is 4.74 Å². The number of para-hydroxylation sites is 1. The first-order valence-electron chi connectivity index (χ1n) is 7.21. The highest BCUT2D eigenvalue weighted by Crippen LogP contribution is 2.26. The minimum absolute atomic E-state index is 0.412. The van der Waals surface area contributed by atoms with Gasteiger partial charge >= 0.3 is 5.97 Å².